The summed E-state index contributed by atoms with van der Waals surface area (Å²) in [5.74, 6) is -0.630. The van der Waals surface area contributed by atoms with Gasteiger partial charge in [0.1, 0.15) is 5.69 Å². The largest absolute Gasteiger partial charge is 0.364 e. The van der Waals surface area contributed by atoms with E-state index in [9.17, 15) is 9.59 Å². The second-order valence-electron chi connectivity index (χ2n) is 5.42. The molecule has 7 heteroatoms. The van der Waals surface area contributed by atoms with Gasteiger partial charge in [0.05, 0.1) is 16.9 Å². The normalized spacial score (nSPS) is 18.2. The molecule has 0 aromatic carbocycles. The number of pyridine rings is 1. The summed E-state index contributed by atoms with van der Waals surface area (Å²) in [6.45, 7) is 3.94. The van der Waals surface area contributed by atoms with Crippen molar-refractivity contribution in [3.63, 3.8) is 0 Å². The van der Waals surface area contributed by atoms with Crippen LogP contribution >= 0.6 is 0 Å². The first-order valence-electron chi connectivity index (χ1n) is 7.19. The van der Waals surface area contributed by atoms with E-state index in [4.69, 9.17) is 5.73 Å². The Bertz CT molecular complexity index is 806. The van der Waals surface area contributed by atoms with Gasteiger partial charge >= 0.3 is 0 Å². The van der Waals surface area contributed by atoms with Gasteiger partial charge in [-0.2, -0.15) is 10.2 Å². The molecular formula is C15H17N5O2. The summed E-state index contributed by atoms with van der Waals surface area (Å²) in [4.78, 5) is 23.0. The number of rotatable bonds is 3. The van der Waals surface area contributed by atoms with Gasteiger partial charge in [0, 0.05) is 17.9 Å². The molecule has 22 heavy (non-hydrogen) atoms. The van der Waals surface area contributed by atoms with Gasteiger partial charge in [-0.3, -0.25) is 9.59 Å². The van der Waals surface area contributed by atoms with Gasteiger partial charge in [0.25, 0.3) is 5.91 Å². The van der Waals surface area contributed by atoms with Gasteiger partial charge in [0.2, 0.25) is 5.91 Å². The number of aryl methyl sites for hydroxylation is 1. The van der Waals surface area contributed by atoms with E-state index in [0.29, 0.717) is 12.1 Å². The molecule has 0 aliphatic carbocycles. The number of nitrogens with two attached hydrogens (primary N) is 1. The summed E-state index contributed by atoms with van der Waals surface area (Å²) < 4.78 is 1.56. The van der Waals surface area contributed by atoms with Gasteiger partial charge in [0.15, 0.2) is 0 Å². The first-order chi connectivity index (χ1) is 10.5. The summed E-state index contributed by atoms with van der Waals surface area (Å²) >= 11 is 0. The smallest absolute Gasteiger partial charge is 0.267 e. The predicted octanol–water partition coefficient (Wildman–Crippen LogP) is 0.856. The highest BCUT2D eigenvalue weighted by Gasteiger charge is 2.24. The molecule has 3 heterocycles. The van der Waals surface area contributed by atoms with Crippen molar-refractivity contribution in [3.8, 4) is 0 Å². The van der Waals surface area contributed by atoms with Crippen LogP contribution in [0.2, 0.25) is 0 Å². The van der Waals surface area contributed by atoms with E-state index >= 15 is 0 Å². The number of carbonyl (C=O) groups is 2. The molecule has 7 nitrogen and oxygen atoms in total. The quantitative estimate of drug-likeness (QED) is 0.878. The van der Waals surface area contributed by atoms with Crippen molar-refractivity contribution in [2.24, 2.45) is 16.8 Å². The third kappa shape index (κ3) is 2.24. The lowest BCUT2D eigenvalue weighted by Crippen LogP contribution is -2.32. The van der Waals surface area contributed by atoms with Crippen LogP contribution < -0.4 is 11.2 Å². The number of fused-ring (bicyclic) bond motifs is 1. The van der Waals surface area contributed by atoms with Gasteiger partial charge in [-0.15, -0.1) is 0 Å². The van der Waals surface area contributed by atoms with Gasteiger partial charge in [-0.05, 0) is 24.6 Å². The number of carbonyl (C=O) groups excluding carboxylic acids is 2. The van der Waals surface area contributed by atoms with Crippen LogP contribution in [-0.2, 0) is 11.2 Å². The van der Waals surface area contributed by atoms with Crippen molar-refractivity contribution in [1.82, 2.24) is 15.0 Å². The zero-order valence-electron chi connectivity index (χ0n) is 12.5. The van der Waals surface area contributed by atoms with Crippen molar-refractivity contribution >= 4 is 23.0 Å². The third-order valence-electron chi connectivity index (χ3n) is 3.82. The number of primary amides is 1. The Labute approximate surface area is 127 Å². The zero-order chi connectivity index (χ0) is 15.9. The summed E-state index contributed by atoms with van der Waals surface area (Å²) in [7, 11) is 0. The Morgan fingerprint density at radius 2 is 2.27 bits per heavy atom. The van der Waals surface area contributed by atoms with Gasteiger partial charge < -0.3 is 5.73 Å². The molecule has 2 aromatic heterocycles. The SMILES string of the molecule is CCc1cc2c(C3=NNC(=O)CC3C)ccc(C(N)=O)n2n1. The molecule has 0 fully saturated rings. The number of amides is 2. The average Bonchev–Trinajstić information content (AvgIpc) is 2.90. The third-order valence-corrected chi connectivity index (χ3v) is 3.82. The van der Waals surface area contributed by atoms with Crippen LogP contribution in [0.5, 0.6) is 0 Å². The first kappa shape index (κ1) is 14.2. The number of hydrogen-bond donors (Lipinski definition) is 2. The Balaban J connectivity index is 2.23. The molecule has 1 aliphatic heterocycles. The standard InChI is InChI=1S/C15H17N5O2/c1-3-9-7-12-10(14-8(2)6-13(21)17-18-14)4-5-11(15(16)22)20(12)19-9/h4-5,7-8H,3,6H2,1-2H3,(H2,16,22)(H,17,21). The molecular weight excluding hydrogens is 282 g/mol. The second kappa shape index (κ2) is 5.25. The molecule has 1 unspecified atom stereocenters. The monoisotopic (exact) mass is 299 g/mol. The van der Waals surface area contributed by atoms with Crippen LogP contribution in [0.25, 0.3) is 5.52 Å². The molecule has 1 atom stereocenters. The molecule has 3 N–H and O–H groups in total. The molecule has 2 amide bonds. The number of hydrazone groups is 1. The lowest BCUT2D eigenvalue weighted by Gasteiger charge is -2.20. The van der Waals surface area contributed by atoms with Crippen LogP contribution in [0.3, 0.4) is 0 Å². The Morgan fingerprint density at radius 1 is 1.50 bits per heavy atom. The maximum atomic E-state index is 11.6. The van der Waals surface area contributed by atoms with E-state index in [0.717, 1.165) is 28.9 Å². The molecule has 0 bridgehead atoms. The highest BCUT2D eigenvalue weighted by Crippen LogP contribution is 2.22. The van der Waals surface area contributed by atoms with Crippen molar-refractivity contribution in [2.75, 3.05) is 0 Å². The molecule has 0 saturated carbocycles. The lowest BCUT2D eigenvalue weighted by molar-refractivity contribution is -0.121. The van der Waals surface area contributed by atoms with Crippen molar-refractivity contribution in [3.05, 3.63) is 35.2 Å². The minimum absolute atomic E-state index is 0.00282. The Morgan fingerprint density at radius 3 is 2.91 bits per heavy atom. The van der Waals surface area contributed by atoms with Gasteiger partial charge in [-0.25, -0.2) is 9.94 Å². The Hall–Kier alpha value is -2.70. The highest BCUT2D eigenvalue weighted by atomic mass is 16.2. The topological polar surface area (TPSA) is 102 Å². The van der Waals surface area contributed by atoms with Crippen LogP contribution in [0.4, 0.5) is 0 Å². The molecule has 0 saturated heterocycles. The van der Waals surface area contributed by atoms with Crippen molar-refractivity contribution in [2.45, 2.75) is 26.7 Å². The summed E-state index contributed by atoms with van der Waals surface area (Å²) in [6, 6.07) is 5.37. The summed E-state index contributed by atoms with van der Waals surface area (Å²) in [6.07, 6.45) is 1.13. The first-order valence-corrected chi connectivity index (χ1v) is 7.19. The number of nitrogens with zero attached hydrogens (tertiary/aromatic N) is 3. The number of nitrogens with one attached hydrogen (secondary N) is 1. The minimum atomic E-state index is -0.533. The molecule has 0 radical (unpaired) electrons. The number of hydrogen-bond acceptors (Lipinski definition) is 4. The molecule has 3 rings (SSSR count). The second-order valence-corrected chi connectivity index (χ2v) is 5.42. The fourth-order valence-corrected chi connectivity index (χ4v) is 2.68. The van der Waals surface area contributed by atoms with E-state index < -0.39 is 5.91 Å². The van der Waals surface area contributed by atoms with E-state index in [1.807, 2.05) is 26.0 Å². The van der Waals surface area contributed by atoms with Crippen LogP contribution in [0, 0.1) is 5.92 Å². The maximum Gasteiger partial charge on any atom is 0.267 e. The summed E-state index contributed by atoms with van der Waals surface area (Å²) in [5, 5.41) is 8.60. The van der Waals surface area contributed by atoms with E-state index in [1.54, 1.807) is 10.6 Å². The van der Waals surface area contributed by atoms with E-state index in [2.05, 4.69) is 15.6 Å². The predicted molar refractivity (Wildman–Crippen MR) is 81.5 cm³/mol. The van der Waals surface area contributed by atoms with Crippen LogP contribution in [0.15, 0.2) is 23.3 Å². The lowest BCUT2D eigenvalue weighted by atomic mass is 9.93. The Kier molecular flexibility index (Phi) is 3.40. The zero-order valence-corrected chi connectivity index (χ0v) is 12.5. The summed E-state index contributed by atoms with van der Waals surface area (Å²) in [5.41, 5.74) is 11.5. The highest BCUT2D eigenvalue weighted by molar-refractivity contribution is 6.10. The maximum absolute atomic E-state index is 11.6. The molecule has 0 spiro atoms. The average molecular weight is 299 g/mol. The fraction of sp³-hybridized carbons (Fsp3) is 0.333. The van der Waals surface area contributed by atoms with Crippen molar-refractivity contribution in [1.29, 1.82) is 0 Å². The fourth-order valence-electron chi connectivity index (χ4n) is 2.68. The van der Waals surface area contributed by atoms with Crippen LogP contribution in [-0.4, -0.2) is 27.1 Å². The molecule has 1 aliphatic rings. The van der Waals surface area contributed by atoms with Gasteiger partial charge in [-0.1, -0.05) is 13.8 Å². The number of aromatic nitrogens is 2. The van der Waals surface area contributed by atoms with E-state index in [-0.39, 0.29) is 11.8 Å². The van der Waals surface area contributed by atoms with Crippen LogP contribution in [0.1, 0.15) is 42.0 Å². The minimum Gasteiger partial charge on any atom is -0.364 e. The molecule has 114 valence electrons. The molecule has 2 aromatic rings. The van der Waals surface area contributed by atoms with Crippen molar-refractivity contribution < 1.29 is 9.59 Å². The van der Waals surface area contributed by atoms with E-state index in [1.165, 1.54) is 0 Å².